The Balaban J connectivity index is 2.17. The van der Waals surface area contributed by atoms with Crippen LogP contribution < -0.4 is 10.1 Å². The Hall–Kier alpha value is -2.00. The number of carbonyl (C=O) groups excluding carboxylic acids is 1. The summed E-state index contributed by atoms with van der Waals surface area (Å²) >= 11 is 6.27. The SMILES string of the molecule is COc1ccc(Cl)c(-c2ccc(CC(C)NC(C)=O)cc2)c1. The van der Waals surface area contributed by atoms with Crippen molar-refractivity contribution in [1.82, 2.24) is 5.32 Å². The van der Waals surface area contributed by atoms with Crippen LogP contribution in [0.15, 0.2) is 42.5 Å². The van der Waals surface area contributed by atoms with Crippen molar-refractivity contribution in [2.75, 3.05) is 7.11 Å². The second kappa shape index (κ2) is 7.32. The van der Waals surface area contributed by atoms with Gasteiger partial charge in [-0.1, -0.05) is 35.9 Å². The Labute approximate surface area is 136 Å². The van der Waals surface area contributed by atoms with Crippen LogP contribution in [0.4, 0.5) is 0 Å². The van der Waals surface area contributed by atoms with Crippen LogP contribution in [0.3, 0.4) is 0 Å². The van der Waals surface area contributed by atoms with E-state index in [9.17, 15) is 4.79 Å². The lowest BCUT2D eigenvalue weighted by atomic mass is 10.0. The topological polar surface area (TPSA) is 38.3 Å². The molecule has 0 heterocycles. The van der Waals surface area contributed by atoms with Crippen molar-refractivity contribution in [1.29, 1.82) is 0 Å². The fourth-order valence-corrected chi connectivity index (χ4v) is 2.65. The third kappa shape index (κ3) is 4.25. The molecule has 2 rings (SSSR count). The third-order valence-corrected chi connectivity index (χ3v) is 3.76. The fraction of sp³-hybridized carbons (Fsp3) is 0.278. The molecule has 0 saturated heterocycles. The zero-order chi connectivity index (χ0) is 16.1. The van der Waals surface area contributed by atoms with Gasteiger partial charge in [0.2, 0.25) is 5.91 Å². The van der Waals surface area contributed by atoms with E-state index in [1.165, 1.54) is 12.5 Å². The number of hydrogen-bond donors (Lipinski definition) is 1. The number of hydrogen-bond acceptors (Lipinski definition) is 2. The smallest absolute Gasteiger partial charge is 0.217 e. The van der Waals surface area contributed by atoms with Gasteiger partial charge in [0.15, 0.2) is 0 Å². The Morgan fingerprint density at radius 3 is 2.50 bits per heavy atom. The first-order valence-corrected chi connectivity index (χ1v) is 7.57. The Bertz CT molecular complexity index is 653. The number of methoxy groups -OCH3 is 1. The van der Waals surface area contributed by atoms with Crippen LogP contribution in [0.2, 0.25) is 5.02 Å². The van der Waals surface area contributed by atoms with Crippen molar-refractivity contribution in [3.8, 4) is 16.9 Å². The molecule has 0 radical (unpaired) electrons. The predicted octanol–water partition coefficient (Wildman–Crippen LogP) is 4.08. The molecular formula is C18H20ClNO2. The highest BCUT2D eigenvalue weighted by atomic mass is 35.5. The van der Waals surface area contributed by atoms with Gasteiger partial charge in [-0.05, 0) is 42.7 Å². The second-order valence-corrected chi connectivity index (χ2v) is 5.76. The van der Waals surface area contributed by atoms with Crippen LogP contribution in [0.25, 0.3) is 11.1 Å². The summed E-state index contributed by atoms with van der Waals surface area (Å²) in [5.41, 5.74) is 3.16. The van der Waals surface area contributed by atoms with E-state index in [1.54, 1.807) is 7.11 Å². The Kier molecular flexibility index (Phi) is 5.45. The molecule has 3 nitrogen and oxygen atoms in total. The van der Waals surface area contributed by atoms with Gasteiger partial charge in [-0.15, -0.1) is 0 Å². The zero-order valence-corrected chi connectivity index (χ0v) is 13.8. The first kappa shape index (κ1) is 16.4. The fourth-order valence-electron chi connectivity index (χ4n) is 2.42. The van der Waals surface area contributed by atoms with E-state index in [4.69, 9.17) is 16.3 Å². The molecule has 1 amide bonds. The van der Waals surface area contributed by atoms with Crippen molar-refractivity contribution in [3.05, 3.63) is 53.1 Å². The van der Waals surface area contributed by atoms with E-state index in [-0.39, 0.29) is 11.9 Å². The second-order valence-electron chi connectivity index (χ2n) is 5.35. The largest absolute Gasteiger partial charge is 0.497 e. The average Bonchev–Trinajstić information content (AvgIpc) is 2.48. The molecule has 0 aliphatic carbocycles. The monoisotopic (exact) mass is 317 g/mol. The maximum atomic E-state index is 11.0. The predicted molar refractivity (Wildman–Crippen MR) is 90.4 cm³/mol. The first-order chi connectivity index (χ1) is 10.5. The maximum absolute atomic E-state index is 11.0. The summed E-state index contributed by atoms with van der Waals surface area (Å²) in [6, 6.07) is 13.9. The van der Waals surface area contributed by atoms with Gasteiger partial charge >= 0.3 is 0 Å². The minimum absolute atomic E-state index is 0.00715. The molecule has 0 aliphatic rings. The number of nitrogens with one attached hydrogen (secondary N) is 1. The van der Waals surface area contributed by atoms with Crippen molar-refractivity contribution < 1.29 is 9.53 Å². The molecule has 0 saturated carbocycles. The van der Waals surface area contributed by atoms with E-state index in [0.29, 0.717) is 5.02 Å². The number of rotatable bonds is 5. The van der Waals surface area contributed by atoms with Crippen LogP contribution in [-0.2, 0) is 11.2 Å². The highest BCUT2D eigenvalue weighted by molar-refractivity contribution is 6.33. The van der Waals surface area contributed by atoms with Crippen LogP contribution in [0.1, 0.15) is 19.4 Å². The van der Waals surface area contributed by atoms with E-state index in [2.05, 4.69) is 17.4 Å². The van der Waals surface area contributed by atoms with Crippen LogP contribution >= 0.6 is 11.6 Å². The van der Waals surface area contributed by atoms with E-state index >= 15 is 0 Å². The normalized spacial score (nSPS) is 11.8. The van der Waals surface area contributed by atoms with Crippen LogP contribution in [0.5, 0.6) is 5.75 Å². The highest BCUT2D eigenvalue weighted by Gasteiger charge is 2.08. The van der Waals surface area contributed by atoms with Gasteiger partial charge in [0.25, 0.3) is 0 Å². The zero-order valence-electron chi connectivity index (χ0n) is 13.0. The van der Waals surface area contributed by atoms with Crippen molar-refractivity contribution in [2.45, 2.75) is 26.3 Å². The molecular weight excluding hydrogens is 298 g/mol. The quantitative estimate of drug-likeness (QED) is 0.902. The van der Waals surface area contributed by atoms with Crippen LogP contribution in [0, 0.1) is 0 Å². The standard InChI is InChI=1S/C18H20ClNO2/c1-12(20-13(2)21)10-14-4-6-15(7-5-14)17-11-16(22-3)8-9-18(17)19/h4-9,11-12H,10H2,1-3H3,(H,20,21). The van der Waals surface area contributed by atoms with E-state index in [1.807, 2.05) is 37.3 Å². The maximum Gasteiger partial charge on any atom is 0.217 e. The third-order valence-electron chi connectivity index (χ3n) is 3.43. The number of ether oxygens (including phenoxy) is 1. The van der Waals surface area contributed by atoms with Gasteiger partial charge in [0, 0.05) is 23.6 Å². The van der Waals surface area contributed by atoms with E-state index < -0.39 is 0 Å². The van der Waals surface area contributed by atoms with Gasteiger partial charge in [0.05, 0.1) is 7.11 Å². The lowest BCUT2D eigenvalue weighted by Crippen LogP contribution is -2.31. The number of carbonyl (C=O) groups is 1. The summed E-state index contributed by atoms with van der Waals surface area (Å²) in [6.45, 7) is 3.53. The summed E-state index contributed by atoms with van der Waals surface area (Å²) in [7, 11) is 1.64. The molecule has 1 N–H and O–H groups in total. The molecule has 1 unspecified atom stereocenters. The summed E-state index contributed by atoms with van der Waals surface area (Å²) in [6.07, 6.45) is 0.797. The van der Waals surface area contributed by atoms with E-state index in [0.717, 1.165) is 23.3 Å². The minimum Gasteiger partial charge on any atom is -0.497 e. The summed E-state index contributed by atoms with van der Waals surface area (Å²) in [5.74, 6) is 0.773. The Morgan fingerprint density at radius 1 is 1.23 bits per heavy atom. The molecule has 0 spiro atoms. The molecule has 0 aliphatic heterocycles. The molecule has 0 aromatic heterocycles. The molecule has 2 aromatic carbocycles. The van der Waals surface area contributed by atoms with Crippen molar-refractivity contribution >= 4 is 17.5 Å². The summed E-state index contributed by atoms with van der Waals surface area (Å²) < 4.78 is 5.25. The van der Waals surface area contributed by atoms with Crippen molar-refractivity contribution in [3.63, 3.8) is 0 Å². The van der Waals surface area contributed by atoms with Gasteiger partial charge in [-0.25, -0.2) is 0 Å². The number of halogens is 1. The molecule has 4 heteroatoms. The van der Waals surface area contributed by atoms with Gasteiger partial charge < -0.3 is 10.1 Å². The highest BCUT2D eigenvalue weighted by Crippen LogP contribution is 2.31. The summed E-state index contributed by atoms with van der Waals surface area (Å²) in [5, 5.41) is 3.58. The van der Waals surface area contributed by atoms with Crippen molar-refractivity contribution in [2.24, 2.45) is 0 Å². The molecule has 0 bridgehead atoms. The first-order valence-electron chi connectivity index (χ1n) is 7.19. The van der Waals surface area contributed by atoms with Crippen LogP contribution in [-0.4, -0.2) is 19.1 Å². The lowest BCUT2D eigenvalue weighted by Gasteiger charge is -2.13. The molecule has 2 aromatic rings. The molecule has 22 heavy (non-hydrogen) atoms. The number of benzene rings is 2. The minimum atomic E-state index is -0.00715. The average molecular weight is 318 g/mol. The lowest BCUT2D eigenvalue weighted by molar-refractivity contribution is -0.119. The number of amides is 1. The summed E-state index contributed by atoms with van der Waals surface area (Å²) in [4.78, 5) is 11.0. The molecule has 116 valence electrons. The van der Waals surface area contributed by atoms with Gasteiger partial charge in [-0.2, -0.15) is 0 Å². The Morgan fingerprint density at radius 2 is 1.91 bits per heavy atom. The molecule has 0 fully saturated rings. The van der Waals surface area contributed by atoms with Gasteiger partial charge in [0.1, 0.15) is 5.75 Å². The van der Waals surface area contributed by atoms with Gasteiger partial charge in [-0.3, -0.25) is 4.79 Å². The molecule has 1 atom stereocenters.